The molecule has 0 saturated carbocycles. The second kappa shape index (κ2) is 15.4. The average molecular weight is 825 g/mol. The Bertz CT molecular complexity index is 3620. The van der Waals surface area contributed by atoms with Crippen molar-refractivity contribution in [2.45, 2.75) is 0 Å². The normalized spacial score (nSPS) is 11.5. The van der Waals surface area contributed by atoms with Gasteiger partial charge in [0.25, 0.3) is 0 Å². The summed E-state index contributed by atoms with van der Waals surface area (Å²) in [6.07, 6.45) is 0. The molecule has 3 aromatic heterocycles. The first kappa shape index (κ1) is 36.6. The van der Waals surface area contributed by atoms with Crippen LogP contribution in [-0.2, 0) is 0 Å². The molecule has 0 aliphatic heterocycles. The van der Waals surface area contributed by atoms with Gasteiger partial charge < -0.3 is 9.32 Å². The lowest BCUT2D eigenvalue weighted by atomic mass is 9.98. The van der Waals surface area contributed by atoms with E-state index in [1.807, 2.05) is 36.4 Å². The third kappa shape index (κ3) is 6.61. The Morgan fingerprint density at radius 1 is 0.333 bits per heavy atom. The first-order chi connectivity index (χ1) is 31.2. The number of hydrogen-bond donors (Lipinski definition) is 0. The third-order valence-electron chi connectivity index (χ3n) is 11.7. The van der Waals surface area contributed by atoms with E-state index in [-0.39, 0.29) is 0 Å². The van der Waals surface area contributed by atoms with Gasteiger partial charge in [0.2, 0.25) is 0 Å². The van der Waals surface area contributed by atoms with Crippen LogP contribution in [0.4, 0.5) is 17.1 Å². The fraction of sp³-hybridized carbons (Fsp3) is 0. The number of rotatable bonds is 8. The number of hydrogen-bond acceptors (Lipinski definition) is 6. The molecule has 63 heavy (non-hydrogen) atoms. The highest BCUT2D eigenvalue weighted by Crippen LogP contribution is 2.45. The van der Waals surface area contributed by atoms with Crippen molar-refractivity contribution < 1.29 is 4.42 Å². The van der Waals surface area contributed by atoms with Crippen molar-refractivity contribution in [2.75, 3.05) is 4.90 Å². The molecule has 0 saturated heterocycles. The Morgan fingerprint density at radius 2 is 0.889 bits per heavy atom. The van der Waals surface area contributed by atoms with Crippen molar-refractivity contribution >= 4 is 70.5 Å². The Morgan fingerprint density at radius 3 is 1.65 bits per heavy atom. The summed E-state index contributed by atoms with van der Waals surface area (Å²) in [5.74, 6) is 1.78. The van der Waals surface area contributed by atoms with Gasteiger partial charge in [0, 0.05) is 65.1 Å². The zero-order chi connectivity index (χ0) is 41.7. The van der Waals surface area contributed by atoms with Crippen LogP contribution in [0.5, 0.6) is 0 Å². The van der Waals surface area contributed by atoms with Crippen LogP contribution in [0.25, 0.3) is 98.5 Å². The van der Waals surface area contributed by atoms with Gasteiger partial charge in [0.05, 0.1) is 5.69 Å². The van der Waals surface area contributed by atoms with Gasteiger partial charge in [-0.25, -0.2) is 15.0 Å². The van der Waals surface area contributed by atoms with Crippen molar-refractivity contribution in [3.63, 3.8) is 0 Å². The summed E-state index contributed by atoms with van der Waals surface area (Å²) in [5.41, 5.74) is 11.9. The molecule has 12 aromatic rings. The summed E-state index contributed by atoms with van der Waals surface area (Å²) in [7, 11) is 0. The molecule has 0 N–H and O–H groups in total. The molecule has 0 unspecified atom stereocenters. The second-order valence-corrected chi connectivity index (χ2v) is 16.7. The Balaban J connectivity index is 1.07. The number of fused-ring (bicyclic) bond motifs is 6. The molecule has 12 rings (SSSR count). The predicted molar refractivity (Wildman–Crippen MR) is 262 cm³/mol. The Hall–Kier alpha value is -8.19. The van der Waals surface area contributed by atoms with E-state index in [1.54, 1.807) is 11.3 Å². The second-order valence-electron chi connectivity index (χ2n) is 15.6. The van der Waals surface area contributed by atoms with Crippen molar-refractivity contribution in [2.24, 2.45) is 0 Å². The SMILES string of the molecule is c1ccc(-c2cccc(-c3ccc(N(c4ccccc4)c4cc(-c5nc(-c6ccccc6)nc(-c6cccc7sc8ccccc8c67)n5)c5c(c4)oc4ccccc45)cc3)c2)cc1. The van der Waals surface area contributed by atoms with Crippen LogP contribution < -0.4 is 4.90 Å². The lowest BCUT2D eigenvalue weighted by Crippen LogP contribution is -2.10. The first-order valence-electron chi connectivity index (χ1n) is 21.0. The molecule has 0 radical (unpaired) electrons. The summed E-state index contributed by atoms with van der Waals surface area (Å²) in [5, 5.41) is 4.28. The van der Waals surface area contributed by atoms with Gasteiger partial charge in [0.1, 0.15) is 11.2 Å². The van der Waals surface area contributed by atoms with Crippen molar-refractivity contribution in [3.8, 4) is 56.4 Å². The summed E-state index contributed by atoms with van der Waals surface area (Å²) in [4.78, 5) is 18.2. The van der Waals surface area contributed by atoms with E-state index in [1.165, 1.54) is 25.9 Å². The number of anilines is 3. The Labute approximate surface area is 367 Å². The number of furan rings is 1. The maximum Gasteiger partial charge on any atom is 0.164 e. The van der Waals surface area contributed by atoms with Crippen LogP contribution in [0.2, 0.25) is 0 Å². The van der Waals surface area contributed by atoms with Crippen LogP contribution in [0.15, 0.2) is 223 Å². The molecule has 3 heterocycles. The molecule has 0 aliphatic carbocycles. The maximum atomic E-state index is 6.73. The van der Waals surface area contributed by atoms with E-state index in [0.717, 1.165) is 72.2 Å². The third-order valence-corrected chi connectivity index (χ3v) is 12.9. The molecule has 296 valence electrons. The fourth-order valence-corrected chi connectivity index (χ4v) is 9.91. The quantitative estimate of drug-likeness (QED) is 0.153. The highest BCUT2D eigenvalue weighted by molar-refractivity contribution is 7.25. The maximum absolute atomic E-state index is 6.73. The van der Waals surface area contributed by atoms with E-state index >= 15 is 0 Å². The minimum absolute atomic E-state index is 0.565. The summed E-state index contributed by atoms with van der Waals surface area (Å²) < 4.78 is 9.15. The largest absolute Gasteiger partial charge is 0.456 e. The van der Waals surface area contributed by atoms with Gasteiger partial charge in [-0.15, -0.1) is 11.3 Å². The fourth-order valence-electron chi connectivity index (χ4n) is 8.78. The van der Waals surface area contributed by atoms with Gasteiger partial charge >= 0.3 is 0 Å². The van der Waals surface area contributed by atoms with E-state index in [9.17, 15) is 0 Å². The Kier molecular flexibility index (Phi) is 8.94. The molecule has 0 bridgehead atoms. The lowest BCUT2D eigenvalue weighted by molar-refractivity contribution is 0.669. The number of nitrogens with zero attached hydrogens (tertiary/aromatic N) is 4. The highest BCUT2D eigenvalue weighted by Gasteiger charge is 2.23. The molecule has 0 fully saturated rings. The minimum atomic E-state index is 0.565. The molecule has 5 nitrogen and oxygen atoms in total. The minimum Gasteiger partial charge on any atom is -0.456 e. The monoisotopic (exact) mass is 824 g/mol. The summed E-state index contributed by atoms with van der Waals surface area (Å²) in [6.45, 7) is 0. The zero-order valence-electron chi connectivity index (χ0n) is 33.9. The van der Waals surface area contributed by atoms with E-state index in [2.05, 4.69) is 187 Å². The van der Waals surface area contributed by atoms with Gasteiger partial charge in [-0.1, -0.05) is 158 Å². The number of aromatic nitrogens is 3. The van der Waals surface area contributed by atoms with Crippen LogP contribution >= 0.6 is 11.3 Å². The van der Waals surface area contributed by atoms with E-state index in [0.29, 0.717) is 17.5 Å². The molecule has 0 spiro atoms. The highest BCUT2D eigenvalue weighted by atomic mass is 32.1. The smallest absolute Gasteiger partial charge is 0.164 e. The van der Waals surface area contributed by atoms with Gasteiger partial charge in [-0.05, 0) is 76.9 Å². The van der Waals surface area contributed by atoms with Gasteiger partial charge in [0.15, 0.2) is 17.5 Å². The van der Waals surface area contributed by atoms with Crippen molar-refractivity contribution in [3.05, 3.63) is 218 Å². The van der Waals surface area contributed by atoms with Crippen molar-refractivity contribution in [1.29, 1.82) is 0 Å². The standard InChI is InChI=1S/C57H36N4OS/c1-4-16-37(17-5-1)40-20-14-21-41(34-40)38-30-32-43(33-31-38)61(42-22-8-3-9-23-42)44-35-48(53-45-24-10-12-27-49(45)62-50(53)36-44)57-59-55(39-18-6-2-7-19-39)58-56(60-57)47-26-15-29-52-54(47)46-25-11-13-28-51(46)63-52/h1-36H. The average Bonchev–Trinajstić information content (AvgIpc) is 3.94. The zero-order valence-corrected chi connectivity index (χ0v) is 34.7. The van der Waals surface area contributed by atoms with Gasteiger partial charge in [-0.3, -0.25) is 0 Å². The summed E-state index contributed by atoms with van der Waals surface area (Å²) in [6, 6.07) is 76.2. The van der Waals surface area contributed by atoms with Crippen LogP contribution in [0.3, 0.4) is 0 Å². The molecular formula is C57H36N4OS. The first-order valence-corrected chi connectivity index (χ1v) is 21.8. The molecule has 0 atom stereocenters. The van der Waals surface area contributed by atoms with Crippen LogP contribution in [-0.4, -0.2) is 15.0 Å². The number of thiophene rings is 1. The van der Waals surface area contributed by atoms with Crippen LogP contribution in [0.1, 0.15) is 0 Å². The summed E-state index contributed by atoms with van der Waals surface area (Å²) >= 11 is 1.79. The molecule has 0 amide bonds. The topological polar surface area (TPSA) is 55.1 Å². The molecule has 9 aromatic carbocycles. The molecule has 6 heteroatoms. The molecule has 0 aliphatic rings. The van der Waals surface area contributed by atoms with Crippen LogP contribution in [0, 0.1) is 0 Å². The number of para-hydroxylation sites is 2. The van der Waals surface area contributed by atoms with Crippen molar-refractivity contribution in [1.82, 2.24) is 15.0 Å². The number of benzene rings is 9. The van der Waals surface area contributed by atoms with E-state index in [4.69, 9.17) is 19.4 Å². The van der Waals surface area contributed by atoms with E-state index < -0.39 is 0 Å². The van der Waals surface area contributed by atoms with Gasteiger partial charge in [-0.2, -0.15) is 0 Å². The molecular weight excluding hydrogens is 789 g/mol. The lowest BCUT2D eigenvalue weighted by Gasteiger charge is -2.26. The predicted octanol–water partition coefficient (Wildman–Crippen LogP) is 15.9.